The van der Waals surface area contributed by atoms with Gasteiger partial charge in [-0.05, 0) is 12.5 Å². The molecule has 0 fully saturated rings. The fourth-order valence-electron chi connectivity index (χ4n) is 1.59. The number of ether oxygens (including phenoxy) is 1. The van der Waals surface area contributed by atoms with Crippen LogP contribution in [0.2, 0.25) is 0 Å². The Hall–Kier alpha value is -2.26. The number of hydrogen-bond donors (Lipinski definition) is 2. The van der Waals surface area contributed by atoms with Crippen LogP contribution in [-0.2, 0) is 31.4 Å². The zero-order valence-corrected chi connectivity index (χ0v) is 11.9. The summed E-state index contributed by atoms with van der Waals surface area (Å²) in [5.74, 6) is -2.75. The van der Waals surface area contributed by atoms with Crippen molar-refractivity contribution in [2.45, 2.75) is 25.2 Å². The molecule has 0 aliphatic heterocycles. The van der Waals surface area contributed by atoms with Gasteiger partial charge in [-0.3, -0.25) is 4.79 Å². The average Bonchev–Trinajstić information content (AvgIpc) is 2.42. The molecular weight excluding hydrogens is 300 g/mol. The van der Waals surface area contributed by atoms with Crippen molar-refractivity contribution in [2.24, 2.45) is 10.1 Å². The Bertz CT molecular complexity index is 648. The van der Waals surface area contributed by atoms with E-state index in [1.807, 2.05) is 0 Å². The van der Waals surface area contributed by atoms with Gasteiger partial charge in [0, 0.05) is 0 Å². The monoisotopic (exact) mass is 314 g/mol. The van der Waals surface area contributed by atoms with Crippen LogP contribution in [0.4, 0.5) is 0 Å². The Labute approximate surface area is 122 Å². The maximum absolute atomic E-state index is 12.0. The van der Waals surface area contributed by atoms with E-state index in [1.165, 1.54) is 0 Å². The van der Waals surface area contributed by atoms with E-state index in [0.29, 0.717) is 5.56 Å². The quantitative estimate of drug-likeness (QED) is 0.531. The Morgan fingerprint density at radius 2 is 1.95 bits per heavy atom. The third-order valence-corrected chi connectivity index (χ3v) is 3.16. The number of nitrogens with two attached hydrogens (primary N) is 1. The Kier molecular flexibility index (Phi) is 5.56. The molecule has 0 saturated carbocycles. The second-order valence-corrected chi connectivity index (χ2v) is 4.79. The molecule has 0 bridgehead atoms. The normalized spacial score (nSPS) is 14.6. The van der Waals surface area contributed by atoms with Gasteiger partial charge in [-0.1, -0.05) is 30.3 Å². The van der Waals surface area contributed by atoms with E-state index in [4.69, 9.17) is 10.5 Å². The molecule has 0 spiro atoms. The number of nitrogens with zero attached hydrogens (tertiary/aromatic N) is 1. The lowest BCUT2D eigenvalue weighted by molar-refractivity contribution is -0.159. The molecule has 1 amide bonds. The molecule has 0 radical (unpaired) electrons. The van der Waals surface area contributed by atoms with Crippen LogP contribution < -0.4 is 5.73 Å². The maximum atomic E-state index is 12.0. The van der Waals surface area contributed by atoms with E-state index in [1.54, 1.807) is 30.3 Å². The highest BCUT2D eigenvalue weighted by Crippen LogP contribution is 2.19. The topological polar surface area (TPSA) is 136 Å². The summed E-state index contributed by atoms with van der Waals surface area (Å²) in [7, 11) is -3.13. The summed E-state index contributed by atoms with van der Waals surface area (Å²) in [6, 6.07) is 8.48. The van der Waals surface area contributed by atoms with Crippen LogP contribution >= 0.6 is 0 Å². The number of benzene rings is 1. The van der Waals surface area contributed by atoms with Crippen LogP contribution in [0.5, 0.6) is 0 Å². The molecule has 9 heteroatoms. The van der Waals surface area contributed by atoms with Crippen LogP contribution in [0.15, 0.2) is 34.7 Å². The summed E-state index contributed by atoms with van der Waals surface area (Å²) in [6.07, 6.45) is -1.77. The van der Waals surface area contributed by atoms with Crippen LogP contribution in [0.25, 0.3) is 0 Å². The second kappa shape index (κ2) is 6.95. The lowest BCUT2D eigenvalue weighted by Crippen LogP contribution is -2.57. The smallest absolute Gasteiger partial charge is 0.348 e. The van der Waals surface area contributed by atoms with E-state index < -0.39 is 34.0 Å². The standard InChI is InChI=1S/C12H14N2O6S/c1-8(15)12(10(13)16,14-21(18)19)11(17)20-7-9-5-3-2-4-6-9/h2-6,8,15H,7H2,1H3,(H2,13,16)/t8-,12+/m1/s1. The summed E-state index contributed by atoms with van der Waals surface area (Å²) in [5, 5.41) is 9.58. The molecule has 2 atom stereocenters. The predicted octanol–water partition coefficient (Wildman–Crippen LogP) is -0.603. The van der Waals surface area contributed by atoms with Gasteiger partial charge in [-0.2, -0.15) is 8.42 Å². The van der Waals surface area contributed by atoms with Crippen molar-refractivity contribution in [1.29, 1.82) is 0 Å². The lowest BCUT2D eigenvalue weighted by atomic mass is 9.94. The molecule has 21 heavy (non-hydrogen) atoms. The van der Waals surface area contributed by atoms with E-state index >= 15 is 0 Å². The van der Waals surface area contributed by atoms with Gasteiger partial charge in [0.2, 0.25) is 0 Å². The third-order valence-electron chi connectivity index (χ3n) is 2.72. The number of aliphatic hydroxyl groups excluding tert-OH is 1. The molecule has 0 saturated heterocycles. The number of aliphatic hydroxyl groups is 1. The maximum Gasteiger partial charge on any atom is 0.348 e. The Balaban J connectivity index is 3.07. The van der Waals surface area contributed by atoms with Crippen LogP contribution in [0.1, 0.15) is 12.5 Å². The molecule has 1 rings (SSSR count). The first kappa shape index (κ1) is 16.8. The van der Waals surface area contributed by atoms with Gasteiger partial charge in [-0.15, -0.1) is 4.36 Å². The van der Waals surface area contributed by atoms with Crippen LogP contribution in [0, 0.1) is 0 Å². The highest BCUT2D eigenvalue weighted by molar-refractivity contribution is 7.61. The van der Waals surface area contributed by atoms with Crippen molar-refractivity contribution in [3.63, 3.8) is 0 Å². The summed E-state index contributed by atoms with van der Waals surface area (Å²) < 4.78 is 29.2. The van der Waals surface area contributed by atoms with Crippen molar-refractivity contribution in [3.05, 3.63) is 35.9 Å². The van der Waals surface area contributed by atoms with Crippen LogP contribution in [0.3, 0.4) is 0 Å². The number of esters is 1. The van der Waals surface area contributed by atoms with E-state index in [-0.39, 0.29) is 6.61 Å². The van der Waals surface area contributed by atoms with Crippen LogP contribution in [-0.4, -0.2) is 37.0 Å². The number of rotatable bonds is 6. The van der Waals surface area contributed by atoms with Crippen molar-refractivity contribution < 1.29 is 27.9 Å². The molecule has 0 aromatic heterocycles. The molecular formula is C12H14N2O6S. The molecule has 0 aliphatic carbocycles. The van der Waals surface area contributed by atoms with Gasteiger partial charge in [-0.25, -0.2) is 4.79 Å². The second-order valence-electron chi connectivity index (χ2n) is 4.18. The van der Waals surface area contributed by atoms with E-state index in [9.17, 15) is 23.1 Å². The number of hydrogen-bond acceptors (Lipinski definition) is 7. The fourth-order valence-corrected chi connectivity index (χ4v) is 2.14. The van der Waals surface area contributed by atoms with Gasteiger partial charge < -0.3 is 15.6 Å². The molecule has 0 heterocycles. The Morgan fingerprint density at radius 1 is 1.38 bits per heavy atom. The van der Waals surface area contributed by atoms with E-state index in [0.717, 1.165) is 6.92 Å². The minimum atomic E-state index is -3.13. The summed E-state index contributed by atoms with van der Waals surface area (Å²) >= 11 is 0. The summed E-state index contributed by atoms with van der Waals surface area (Å²) in [4.78, 5) is 23.5. The minimum absolute atomic E-state index is 0.220. The lowest BCUT2D eigenvalue weighted by Gasteiger charge is -2.24. The number of amides is 1. The highest BCUT2D eigenvalue weighted by Gasteiger charge is 2.52. The molecule has 3 N–H and O–H groups in total. The molecule has 0 unspecified atom stereocenters. The highest BCUT2D eigenvalue weighted by atomic mass is 32.2. The van der Waals surface area contributed by atoms with Gasteiger partial charge in [0.15, 0.2) is 0 Å². The van der Waals surface area contributed by atoms with Crippen molar-refractivity contribution in [3.8, 4) is 0 Å². The Morgan fingerprint density at radius 3 is 2.38 bits per heavy atom. The number of carbonyl (C=O) groups is 2. The molecule has 1 aromatic rings. The first-order chi connectivity index (χ1) is 9.80. The minimum Gasteiger partial charge on any atom is -0.459 e. The largest absolute Gasteiger partial charge is 0.459 e. The molecule has 8 nitrogen and oxygen atoms in total. The summed E-state index contributed by atoms with van der Waals surface area (Å²) in [5.41, 5.74) is 2.94. The van der Waals surface area contributed by atoms with Crippen molar-refractivity contribution >= 4 is 22.4 Å². The van der Waals surface area contributed by atoms with Gasteiger partial charge in [0.1, 0.15) is 6.61 Å². The van der Waals surface area contributed by atoms with Gasteiger partial charge >= 0.3 is 16.5 Å². The number of primary amides is 1. The van der Waals surface area contributed by atoms with Gasteiger partial charge in [0.05, 0.1) is 6.10 Å². The zero-order valence-electron chi connectivity index (χ0n) is 11.1. The first-order valence-electron chi connectivity index (χ1n) is 5.82. The SMILES string of the molecule is C[C@@H](O)[C@](N=S(=O)=O)(C(N)=O)C(=O)OCc1ccccc1. The van der Waals surface area contributed by atoms with Crippen molar-refractivity contribution in [1.82, 2.24) is 0 Å². The number of carbonyl (C=O) groups excluding carboxylic acids is 2. The van der Waals surface area contributed by atoms with E-state index in [2.05, 4.69) is 4.36 Å². The van der Waals surface area contributed by atoms with Gasteiger partial charge in [0.25, 0.3) is 11.4 Å². The predicted molar refractivity (Wildman–Crippen MR) is 71.2 cm³/mol. The molecule has 0 aliphatic rings. The fraction of sp³-hybridized carbons (Fsp3) is 0.333. The van der Waals surface area contributed by atoms with Crippen molar-refractivity contribution in [2.75, 3.05) is 0 Å². The first-order valence-corrected chi connectivity index (χ1v) is 6.85. The summed E-state index contributed by atoms with van der Waals surface area (Å²) in [6.45, 7) is 0.799. The third kappa shape index (κ3) is 3.86. The zero-order chi connectivity index (χ0) is 16.0. The average molecular weight is 314 g/mol. The molecule has 1 aromatic carbocycles. The molecule has 114 valence electrons.